The van der Waals surface area contributed by atoms with Gasteiger partial charge in [0.15, 0.2) is 0 Å². The maximum Gasteiger partial charge on any atom is 0.127 e. The minimum absolute atomic E-state index is 0.436. The first-order valence-corrected chi connectivity index (χ1v) is 4.33. The van der Waals surface area contributed by atoms with Crippen molar-refractivity contribution in [3.8, 4) is 0 Å². The number of nitrogens with zero attached hydrogens (tertiary/aromatic N) is 2. The van der Waals surface area contributed by atoms with Crippen LogP contribution in [0.15, 0.2) is 18.2 Å². The Balaban J connectivity index is 3.13. The SMILES string of the molecule is CC/C(=C(/C)ON)c1cc(N)ncn1. The molecule has 0 saturated heterocycles. The van der Waals surface area contributed by atoms with Gasteiger partial charge in [-0.05, 0) is 13.3 Å². The van der Waals surface area contributed by atoms with E-state index in [1.54, 1.807) is 13.0 Å². The van der Waals surface area contributed by atoms with Crippen molar-refractivity contribution in [1.82, 2.24) is 9.97 Å². The Morgan fingerprint density at radius 1 is 1.50 bits per heavy atom. The van der Waals surface area contributed by atoms with E-state index in [1.807, 2.05) is 6.92 Å². The molecule has 1 rings (SSSR count). The molecule has 0 atom stereocenters. The minimum Gasteiger partial charge on any atom is -0.416 e. The normalized spacial score (nSPS) is 12.2. The third-order valence-electron chi connectivity index (χ3n) is 1.95. The van der Waals surface area contributed by atoms with E-state index >= 15 is 0 Å². The van der Waals surface area contributed by atoms with Crippen LogP contribution >= 0.6 is 0 Å². The van der Waals surface area contributed by atoms with Crippen LogP contribution in [0.5, 0.6) is 0 Å². The zero-order chi connectivity index (χ0) is 10.6. The van der Waals surface area contributed by atoms with Crippen LogP contribution in [0.1, 0.15) is 26.0 Å². The van der Waals surface area contributed by atoms with Gasteiger partial charge in [0.05, 0.1) is 5.69 Å². The van der Waals surface area contributed by atoms with E-state index in [1.165, 1.54) is 6.33 Å². The Morgan fingerprint density at radius 3 is 2.71 bits per heavy atom. The summed E-state index contributed by atoms with van der Waals surface area (Å²) >= 11 is 0. The van der Waals surface area contributed by atoms with Gasteiger partial charge in [0.1, 0.15) is 17.9 Å². The predicted octanol–water partition coefficient (Wildman–Crippen LogP) is 1.09. The van der Waals surface area contributed by atoms with E-state index in [2.05, 4.69) is 14.8 Å². The van der Waals surface area contributed by atoms with Crippen LogP contribution in [0.4, 0.5) is 5.82 Å². The van der Waals surface area contributed by atoms with E-state index in [4.69, 9.17) is 11.6 Å². The van der Waals surface area contributed by atoms with E-state index in [0.29, 0.717) is 11.6 Å². The molecule has 14 heavy (non-hydrogen) atoms. The second-order valence-corrected chi connectivity index (χ2v) is 2.83. The largest absolute Gasteiger partial charge is 0.416 e. The Hall–Kier alpha value is -1.62. The maximum absolute atomic E-state index is 5.55. The Labute approximate surface area is 82.8 Å². The second kappa shape index (κ2) is 4.57. The Kier molecular flexibility index (Phi) is 3.41. The molecule has 5 heteroatoms. The number of hydrogen-bond donors (Lipinski definition) is 2. The lowest BCUT2D eigenvalue weighted by Gasteiger charge is -2.07. The molecular weight excluding hydrogens is 180 g/mol. The Bertz CT molecular complexity index is 348. The van der Waals surface area contributed by atoms with Crippen LogP contribution < -0.4 is 11.6 Å². The van der Waals surface area contributed by atoms with Crippen LogP contribution in [-0.2, 0) is 4.84 Å². The zero-order valence-electron chi connectivity index (χ0n) is 8.32. The second-order valence-electron chi connectivity index (χ2n) is 2.83. The van der Waals surface area contributed by atoms with Gasteiger partial charge >= 0.3 is 0 Å². The van der Waals surface area contributed by atoms with Crippen LogP contribution in [0, 0.1) is 0 Å². The highest BCUT2D eigenvalue weighted by molar-refractivity contribution is 5.65. The van der Waals surface area contributed by atoms with Gasteiger partial charge in [0.2, 0.25) is 0 Å². The topological polar surface area (TPSA) is 87.0 Å². The molecule has 5 nitrogen and oxygen atoms in total. The van der Waals surface area contributed by atoms with Gasteiger partial charge in [-0.25, -0.2) is 9.97 Å². The third kappa shape index (κ3) is 2.20. The van der Waals surface area contributed by atoms with Crippen LogP contribution in [0.2, 0.25) is 0 Å². The molecule has 0 aliphatic heterocycles. The molecule has 0 saturated carbocycles. The summed E-state index contributed by atoms with van der Waals surface area (Å²) in [6.07, 6.45) is 2.20. The molecule has 1 aromatic rings. The first kappa shape index (κ1) is 10.5. The molecular formula is C9H14N4O. The van der Waals surface area contributed by atoms with E-state index in [9.17, 15) is 0 Å². The lowest BCUT2D eigenvalue weighted by molar-refractivity contribution is 0.224. The van der Waals surface area contributed by atoms with E-state index < -0.39 is 0 Å². The fourth-order valence-electron chi connectivity index (χ4n) is 1.22. The lowest BCUT2D eigenvalue weighted by atomic mass is 10.1. The summed E-state index contributed by atoms with van der Waals surface area (Å²) in [7, 11) is 0. The Morgan fingerprint density at radius 2 is 2.21 bits per heavy atom. The number of nitrogens with two attached hydrogens (primary N) is 2. The molecule has 1 aromatic heterocycles. The molecule has 0 aliphatic carbocycles. The predicted molar refractivity (Wildman–Crippen MR) is 54.6 cm³/mol. The molecule has 1 heterocycles. The van der Waals surface area contributed by atoms with Gasteiger partial charge in [-0.3, -0.25) is 0 Å². The molecule has 0 radical (unpaired) electrons. The highest BCUT2D eigenvalue weighted by Gasteiger charge is 2.06. The minimum atomic E-state index is 0.436. The summed E-state index contributed by atoms with van der Waals surface area (Å²) in [6.45, 7) is 3.79. The number of rotatable bonds is 3. The number of hydrogen-bond acceptors (Lipinski definition) is 5. The first-order valence-electron chi connectivity index (χ1n) is 4.33. The monoisotopic (exact) mass is 194 g/mol. The van der Waals surface area contributed by atoms with Crippen molar-refractivity contribution in [1.29, 1.82) is 0 Å². The van der Waals surface area contributed by atoms with Crippen molar-refractivity contribution < 1.29 is 4.84 Å². The van der Waals surface area contributed by atoms with Crippen molar-refractivity contribution >= 4 is 11.4 Å². The summed E-state index contributed by atoms with van der Waals surface area (Å²) < 4.78 is 0. The van der Waals surface area contributed by atoms with Crippen molar-refractivity contribution in [2.45, 2.75) is 20.3 Å². The van der Waals surface area contributed by atoms with Gasteiger partial charge in [0.25, 0.3) is 0 Å². The number of allylic oxidation sites excluding steroid dienone is 2. The fraction of sp³-hybridized carbons (Fsp3) is 0.333. The molecule has 0 bridgehead atoms. The molecule has 0 unspecified atom stereocenters. The summed E-state index contributed by atoms with van der Waals surface area (Å²) in [5, 5.41) is 0. The average Bonchev–Trinajstić information content (AvgIpc) is 2.19. The molecule has 0 aromatic carbocycles. The van der Waals surface area contributed by atoms with Gasteiger partial charge < -0.3 is 10.6 Å². The van der Waals surface area contributed by atoms with Crippen LogP contribution in [0.25, 0.3) is 5.57 Å². The van der Waals surface area contributed by atoms with Crippen LogP contribution in [0.3, 0.4) is 0 Å². The highest BCUT2D eigenvalue weighted by Crippen LogP contribution is 2.20. The van der Waals surface area contributed by atoms with E-state index in [-0.39, 0.29) is 0 Å². The van der Waals surface area contributed by atoms with E-state index in [0.717, 1.165) is 17.7 Å². The van der Waals surface area contributed by atoms with Gasteiger partial charge in [-0.15, -0.1) is 0 Å². The summed E-state index contributed by atoms with van der Waals surface area (Å²) in [6, 6.07) is 1.70. The highest BCUT2D eigenvalue weighted by atomic mass is 16.6. The van der Waals surface area contributed by atoms with Crippen molar-refractivity contribution in [2.24, 2.45) is 5.90 Å². The molecule has 0 fully saturated rings. The zero-order valence-corrected chi connectivity index (χ0v) is 8.32. The average molecular weight is 194 g/mol. The maximum atomic E-state index is 5.55. The summed E-state index contributed by atoms with van der Waals surface area (Å²) in [4.78, 5) is 12.6. The first-order chi connectivity index (χ1) is 6.69. The van der Waals surface area contributed by atoms with Crippen molar-refractivity contribution in [3.05, 3.63) is 23.8 Å². The summed E-state index contributed by atoms with van der Waals surface area (Å²) in [5.74, 6) is 6.17. The fourth-order valence-corrected chi connectivity index (χ4v) is 1.22. The van der Waals surface area contributed by atoms with Crippen molar-refractivity contribution in [2.75, 3.05) is 5.73 Å². The third-order valence-corrected chi connectivity index (χ3v) is 1.95. The van der Waals surface area contributed by atoms with Gasteiger partial charge in [-0.1, -0.05) is 6.92 Å². The smallest absolute Gasteiger partial charge is 0.127 e. The molecule has 0 amide bonds. The number of aromatic nitrogens is 2. The van der Waals surface area contributed by atoms with Gasteiger partial charge in [-0.2, -0.15) is 5.90 Å². The molecule has 4 N–H and O–H groups in total. The van der Waals surface area contributed by atoms with Crippen LogP contribution in [-0.4, -0.2) is 9.97 Å². The van der Waals surface area contributed by atoms with Crippen molar-refractivity contribution in [3.63, 3.8) is 0 Å². The molecule has 0 aliphatic rings. The molecule has 76 valence electrons. The standard InChI is InChI=1S/C9H14N4O/c1-3-7(6(2)14-11)8-4-9(10)13-5-12-8/h4-5H,3,11H2,1-2H3,(H2,10,12,13)/b7-6+. The van der Waals surface area contributed by atoms with Gasteiger partial charge in [0, 0.05) is 11.6 Å². The molecule has 0 spiro atoms. The summed E-state index contributed by atoms with van der Waals surface area (Å²) in [5.41, 5.74) is 7.23. The number of nitrogen functional groups attached to an aromatic ring is 1. The lowest BCUT2D eigenvalue weighted by Crippen LogP contribution is -2.02. The number of anilines is 1. The quantitative estimate of drug-likeness (QED) is 0.555.